The first-order valence-corrected chi connectivity index (χ1v) is 11.7. The average Bonchev–Trinajstić information content (AvgIpc) is 3.26. The molecular formula is C22H33Cl2N3O2S. The van der Waals surface area contributed by atoms with Crippen molar-refractivity contribution in [1.29, 1.82) is 0 Å². The largest absolute Gasteiger partial charge is 0.373 e. The number of allylic oxidation sites excluding steroid dienone is 1. The zero-order chi connectivity index (χ0) is 23.1. The second kappa shape index (κ2) is 16.3. The molecule has 2 aromatic rings. The van der Waals surface area contributed by atoms with Gasteiger partial charge < -0.3 is 15.4 Å². The second-order valence-corrected chi connectivity index (χ2v) is 7.25. The summed E-state index contributed by atoms with van der Waals surface area (Å²) in [4.78, 5) is 18.7. The summed E-state index contributed by atoms with van der Waals surface area (Å²) in [5.74, 6) is -0.112. The fourth-order valence-electron chi connectivity index (χ4n) is 2.37. The number of amides is 1. The quantitative estimate of drug-likeness (QED) is 0.541. The minimum absolute atomic E-state index is 0.112. The smallest absolute Gasteiger partial charge is 0.273 e. The highest BCUT2D eigenvalue weighted by Crippen LogP contribution is 2.32. The molecule has 5 nitrogen and oxygen atoms in total. The predicted molar refractivity (Wildman–Crippen MR) is 131 cm³/mol. The maximum absolute atomic E-state index is 12.6. The summed E-state index contributed by atoms with van der Waals surface area (Å²) in [6.45, 7) is 15.2. The van der Waals surface area contributed by atoms with Crippen LogP contribution in [0.15, 0.2) is 36.2 Å². The molecule has 2 heterocycles. The lowest BCUT2D eigenvalue weighted by Crippen LogP contribution is -2.48. The number of aromatic nitrogens is 1. The van der Waals surface area contributed by atoms with Gasteiger partial charge in [0.05, 0.1) is 17.7 Å². The number of carbonyl (C=O) groups is 1. The standard InChI is InChI=1S/C15H15Cl2N3O2S.C3H6.2C2H6/c16-9-1-2-11(12(17)5-9)14-19-13(8-23-14)15(21)20-3-4-22-10(6-18)7-20;1-3-2;2*1-2/h1-2,5,8,10H,3-4,6-7,18H2;3H,1H2,2H3;2*1-2H3. The number of ether oxygens (including phenoxy) is 1. The van der Waals surface area contributed by atoms with Gasteiger partial charge in [0.25, 0.3) is 5.91 Å². The molecule has 8 heteroatoms. The van der Waals surface area contributed by atoms with E-state index in [1.54, 1.807) is 34.6 Å². The molecular weight excluding hydrogens is 441 g/mol. The topological polar surface area (TPSA) is 68.5 Å². The van der Waals surface area contributed by atoms with Crippen LogP contribution in [0, 0.1) is 0 Å². The van der Waals surface area contributed by atoms with Gasteiger partial charge in [-0.15, -0.1) is 17.9 Å². The molecule has 1 aliphatic heterocycles. The van der Waals surface area contributed by atoms with Crippen molar-refractivity contribution in [3.8, 4) is 10.6 Å². The Morgan fingerprint density at radius 1 is 1.37 bits per heavy atom. The summed E-state index contributed by atoms with van der Waals surface area (Å²) in [5.41, 5.74) is 6.79. The van der Waals surface area contributed by atoms with E-state index in [1.807, 2.05) is 34.6 Å². The molecule has 0 aliphatic carbocycles. The Kier molecular flexibility index (Phi) is 15.5. The molecule has 1 atom stereocenters. The maximum Gasteiger partial charge on any atom is 0.273 e. The SMILES string of the molecule is C=CC.CC.CC.NCC1CN(C(=O)c2csc(-c3ccc(Cl)cc3Cl)n2)CCO1. The zero-order valence-electron chi connectivity index (χ0n) is 18.5. The molecule has 1 aromatic heterocycles. The molecule has 1 aromatic carbocycles. The first-order chi connectivity index (χ1) is 14.5. The van der Waals surface area contributed by atoms with E-state index in [9.17, 15) is 4.79 Å². The van der Waals surface area contributed by atoms with E-state index in [2.05, 4.69) is 11.6 Å². The van der Waals surface area contributed by atoms with Gasteiger partial charge >= 0.3 is 0 Å². The molecule has 1 fully saturated rings. The average molecular weight is 474 g/mol. The van der Waals surface area contributed by atoms with E-state index >= 15 is 0 Å². The van der Waals surface area contributed by atoms with Crippen molar-refractivity contribution >= 4 is 40.4 Å². The maximum atomic E-state index is 12.6. The van der Waals surface area contributed by atoms with Gasteiger partial charge in [-0.05, 0) is 25.1 Å². The third-order valence-electron chi connectivity index (χ3n) is 3.57. The monoisotopic (exact) mass is 473 g/mol. The summed E-state index contributed by atoms with van der Waals surface area (Å²) in [6, 6.07) is 5.21. The van der Waals surface area contributed by atoms with Gasteiger partial charge in [-0.1, -0.05) is 57.0 Å². The van der Waals surface area contributed by atoms with Crippen molar-refractivity contribution in [3.05, 3.63) is 52.0 Å². The van der Waals surface area contributed by atoms with Crippen LogP contribution in [0.25, 0.3) is 10.6 Å². The molecule has 168 valence electrons. The van der Waals surface area contributed by atoms with E-state index in [4.69, 9.17) is 33.7 Å². The lowest BCUT2D eigenvalue weighted by molar-refractivity contribution is -0.0169. The van der Waals surface area contributed by atoms with Crippen LogP contribution in [0.3, 0.4) is 0 Å². The van der Waals surface area contributed by atoms with Crippen molar-refractivity contribution in [2.24, 2.45) is 5.73 Å². The third kappa shape index (κ3) is 8.74. The number of hydrogen-bond donors (Lipinski definition) is 1. The first kappa shape index (κ1) is 28.6. The molecule has 30 heavy (non-hydrogen) atoms. The number of hydrogen-bond acceptors (Lipinski definition) is 5. The number of morpholine rings is 1. The summed E-state index contributed by atoms with van der Waals surface area (Å²) in [5, 5.41) is 3.52. The molecule has 1 amide bonds. The molecule has 2 N–H and O–H groups in total. The number of nitrogens with two attached hydrogens (primary N) is 1. The molecule has 0 radical (unpaired) electrons. The fraction of sp³-hybridized carbons (Fsp3) is 0.455. The molecule has 1 aliphatic rings. The van der Waals surface area contributed by atoms with Gasteiger partial charge in [0.15, 0.2) is 0 Å². The fourth-order valence-corrected chi connectivity index (χ4v) is 3.75. The number of carbonyl (C=O) groups excluding carboxylic acids is 1. The minimum atomic E-state index is -0.114. The molecule has 0 spiro atoms. The summed E-state index contributed by atoms with van der Waals surface area (Å²) >= 11 is 13.5. The van der Waals surface area contributed by atoms with Crippen LogP contribution >= 0.6 is 34.5 Å². The highest BCUT2D eigenvalue weighted by molar-refractivity contribution is 7.13. The Bertz CT molecular complexity index is 769. The summed E-state index contributed by atoms with van der Waals surface area (Å²) < 4.78 is 5.48. The molecule has 0 saturated carbocycles. The van der Waals surface area contributed by atoms with E-state index in [-0.39, 0.29) is 12.0 Å². The van der Waals surface area contributed by atoms with Crippen molar-refractivity contribution in [1.82, 2.24) is 9.88 Å². The van der Waals surface area contributed by atoms with E-state index in [0.717, 1.165) is 5.56 Å². The zero-order valence-corrected chi connectivity index (χ0v) is 20.8. The van der Waals surface area contributed by atoms with Gasteiger partial charge in [-0.3, -0.25) is 4.79 Å². The van der Waals surface area contributed by atoms with Gasteiger partial charge in [-0.2, -0.15) is 0 Å². The predicted octanol–water partition coefficient (Wildman–Crippen LogP) is 6.16. The van der Waals surface area contributed by atoms with E-state index < -0.39 is 0 Å². The highest BCUT2D eigenvalue weighted by Gasteiger charge is 2.26. The normalized spacial score (nSPS) is 14.8. The Morgan fingerprint density at radius 3 is 2.57 bits per heavy atom. The van der Waals surface area contributed by atoms with Gasteiger partial charge in [-0.25, -0.2) is 4.98 Å². The summed E-state index contributed by atoms with van der Waals surface area (Å²) in [7, 11) is 0. The Hall–Kier alpha value is -1.44. The lowest BCUT2D eigenvalue weighted by atomic mass is 10.2. The first-order valence-electron chi connectivity index (χ1n) is 10.1. The van der Waals surface area contributed by atoms with Crippen molar-refractivity contribution < 1.29 is 9.53 Å². The molecule has 1 unspecified atom stereocenters. The Balaban J connectivity index is 0.00000108. The van der Waals surface area contributed by atoms with Crippen LogP contribution in [-0.2, 0) is 4.74 Å². The number of rotatable bonds is 3. The third-order valence-corrected chi connectivity index (χ3v) is 5.00. The van der Waals surface area contributed by atoms with Crippen molar-refractivity contribution in [2.45, 2.75) is 40.7 Å². The van der Waals surface area contributed by atoms with Gasteiger partial charge in [0, 0.05) is 35.6 Å². The number of halogens is 2. The Labute approximate surface area is 194 Å². The van der Waals surface area contributed by atoms with Crippen LogP contribution in [-0.4, -0.2) is 48.1 Å². The molecule has 0 bridgehead atoms. The van der Waals surface area contributed by atoms with E-state index in [0.29, 0.717) is 47.0 Å². The van der Waals surface area contributed by atoms with Crippen molar-refractivity contribution in [2.75, 3.05) is 26.2 Å². The van der Waals surface area contributed by atoms with Crippen LogP contribution in [0.2, 0.25) is 10.0 Å². The van der Waals surface area contributed by atoms with Crippen LogP contribution in [0.1, 0.15) is 45.1 Å². The minimum Gasteiger partial charge on any atom is -0.373 e. The second-order valence-electron chi connectivity index (χ2n) is 5.55. The number of benzene rings is 1. The van der Waals surface area contributed by atoms with Crippen molar-refractivity contribution in [3.63, 3.8) is 0 Å². The van der Waals surface area contributed by atoms with Crippen LogP contribution < -0.4 is 5.73 Å². The summed E-state index contributed by atoms with van der Waals surface area (Å²) in [6.07, 6.45) is 1.64. The van der Waals surface area contributed by atoms with Gasteiger partial charge in [0.1, 0.15) is 10.7 Å². The molecule has 1 saturated heterocycles. The lowest BCUT2D eigenvalue weighted by Gasteiger charge is -2.31. The van der Waals surface area contributed by atoms with Gasteiger partial charge in [0.2, 0.25) is 0 Å². The van der Waals surface area contributed by atoms with Crippen LogP contribution in [0.5, 0.6) is 0 Å². The molecule has 3 rings (SSSR count). The number of nitrogens with zero attached hydrogens (tertiary/aromatic N) is 2. The van der Waals surface area contributed by atoms with Crippen LogP contribution in [0.4, 0.5) is 0 Å². The Morgan fingerprint density at radius 2 is 2.00 bits per heavy atom. The number of thiazole rings is 1. The highest BCUT2D eigenvalue weighted by atomic mass is 35.5. The van der Waals surface area contributed by atoms with E-state index in [1.165, 1.54) is 11.3 Å².